The molecule has 39 heavy (non-hydrogen) atoms. The van der Waals surface area contributed by atoms with Crippen molar-refractivity contribution in [3.63, 3.8) is 0 Å². The standard InChI is InChI=1S/C31H33F3N2O3/c1-5-21-8-7-11-24-26(19-35-30(21)24)25(22-9-6-10-23(17-22)31(32,33)34)18-29(37)36(2)15-14-20-12-13-27(38-3)28(16-20)39-4/h6-13,16-17,19,25,35H,5,14-15,18H2,1-4H3. The summed E-state index contributed by atoms with van der Waals surface area (Å²) in [4.78, 5) is 18.4. The van der Waals surface area contributed by atoms with Crippen molar-refractivity contribution in [1.82, 2.24) is 9.88 Å². The number of nitrogens with zero attached hydrogens (tertiary/aromatic N) is 1. The first kappa shape index (κ1) is 28.1. The van der Waals surface area contributed by atoms with Crippen molar-refractivity contribution in [2.45, 2.75) is 38.3 Å². The Morgan fingerprint density at radius 2 is 1.74 bits per heavy atom. The van der Waals surface area contributed by atoms with Gasteiger partial charge < -0.3 is 19.4 Å². The number of alkyl halides is 3. The van der Waals surface area contributed by atoms with Gasteiger partial charge in [0.2, 0.25) is 5.91 Å². The SMILES string of the molecule is CCc1cccc2c(C(CC(=O)N(C)CCc3ccc(OC)c(OC)c3)c3cccc(C(F)(F)F)c3)c[nH]c12. The van der Waals surface area contributed by atoms with Crippen molar-refractivity contribution in [1.29, 1.82) is 0 Å². The van der Waals surface area contributed by atoms with E-state index in [0.29, 0.717) is 30.0 Å². The summed E-state index contributed by atoms with van der Waals surface area (Å²) in [6, 6.07) is 16.8. The molecule has 0 aliphatic carbocycles. The molecule has 5 nitrogen and oxygen atoms in total. The number of benzene rings is 3. The molecule has 4 rings (SSSR count). The predicted molar refractivity (Wildman–Crippen MR) is 146 cm³/mol. The minimum atomic E-state index is -4.48. The predicted octanol–water partition coefficient (Wildman–Crippen LogP) is 6.99. The maximum atomic E-state index is 13.6. The Morgan fingerprint density at radius 3 is 2.44 bits per heavy atom. The molecule has 0 saturated carbocycles. The van der Waals surface area contributed by atoms with Crippen LogP contribution in [0.25, 0.3) is 10.9 Å². The minimum absolute atomic E-state index is 0.0348. The highest BCUT2D eigenvalue weighted by Gasteiger charge is 2.32. The lowest BCUT2D eigenvalue weighted by molar-refractivity contribution is -0.137. The van der Waals surface area contributed by atoms with E-state index in [1.165, 1.54) is 6.07 Å². The number of amides is 1. The molecular formula is C31H33F3N2O3. The Labute approximate surface area is 226 Å². The number of aromatic nitrogens is 1. The fourth-order valence-corrected chi connectivity index (χ4v) is 4.95. The third kappa shape index (κ3) is 6.21. The third-order valence-corrected chi connectivity index (χ3v) is 7.19. The molecule has 1 unspecified atom stereocenters. The first-order valence-corrected chi connectivity index (χ1v) is 12.9. The van der Waals surface area contributed by atoms with Gasteiger partial charge in [-0.3, -0.25) is 4.79 Å². The Balaban J connectivity index is 1.62. The molecule has 1 heterocycles. The molecule has 0 fully saturated rings. The highest BCUT2D eigenvalue weighted by atomic mass is 19.4. The molecule has 0 spiro atoms. The summed E-state index contributed by atoms with van der Waals surface area (Å²) < 4.78 is 51.4. The molecule has 1 atom stereocenters. The Bertz CT molecular complexity index is 1440. The molecule has 4 aromatic rings. The summed E-state index contributed by atoms with van der Waals surface area (Å²) in [5.74, 6) is 0.530. The highest BCUT2D eigenvalue weighted by molar-refractivity contribution is 5.88. The lowest BCUT2D eigenvalue weighted by atomic mass is 9.86. The van der Waals surface area contributed by atoms with E-state index in [4.69, 9.17) is 9.47 Å². The molecule has 0 bridgehead atoms. The van der Waals surface area contributed by atoms with Crippen LogP contribution in [0.5, 0.6) is 11.5 Å². The van der Waals surface area contributed by atoms with E-state index in [1.807, 2.05) is 42.6 Å². The van der Waals surface area contributed by atoms with E-state index in [9.17, 15) is 18.0 Å². The molecule has 0 radical (unpaired) electrons. The number of aryl methyl sites for hydroxylation is 1. The molecule has 1 aromatic heterocycles. The number of halogens is 3. The Morgan fingerprint density at radius 1 is 1.00 bits per heavy atom. The smallest absolute Gasteiger partial charge is 0.416 e. The van der Waals surface area contributed by atoms with Gasteiger partial charge >= 0.3 is 6.18 Å². The van der Waals surface area contributed by atoms with E-state index < -0.39 is 17.7 Å². The summed E-state index contributed by atoms with van der Waals surface area (Å²) in [6.07, 6.45) is -1.22. The number of aromatic amines is 1. The number of nitrogens with one attached hydrogen (secondary N) is 1. The van der Waals surface area contributed by atoms with Gasteiger partial charge in [-0.05, 0) is 53.3 Å². The molecule has 3 aromatic carbocycles. The van der Waals surface area contributed by atoms with Gasteiger partial charge in [0.15, 0.2) is 11.5 Å². The van der Waals surface area contributed by atoms with Crippen LogP contribution in [0.3, 0.4) is 0 Å². The Kier molecular flexibility index (Phi) is 8.53. The maximum Gasteiger partial charge on any atom is 0.416 e. The summed E-state index contributed by atoms with van der Waals surface area (Å²) in [5, 5.41) is 0.914. The zero-order valence-electron chi connectivity index (χ0n) is 22.6. The average Bonchev–Trinajstić information content (AvgIpc) is 3.38. The largest absolute Gasteiger partial charge is 0.493 e. The molecular weight excluding hydrogens is 505 g/mol. The topological polar surface area (TPSA) is 54.6 Å². The lowest BCUT2D eigenvalue weighted by Gasteiger charge is -2.23. The summed E-state index contributed by atoms with van der Waals surface area (Å²) >= 11 is 0. The summed E-state index contributed by atoms with van der Waals surface area (Å²) in [7, 11) is 4.86. The van der Waals surface area contributed by atoms with Gasteiger partial charge in [-0.15, -0.1) is 0 Å². The number of ether oxygens (including phenoxy) is 2. The van der Waals surface area contributed by atoms with E-state index >= 15 is 0 Å². The number of carbonyl (C=O) groups is 1. The van der Waals surface area contributed by atoms with Gasteiger partial charge in [0.05, 0.1) is 19.8 Å². The van der Waals surface area contributed by atoms with Crippen molar-refractivity contribution in [2.75, 3.05) is 27.8 Å². The Hall–Kier alpha value is -3.94. The van der Waals surface area contributed by atoms with Crippen LogP contribution in [-0.4, -0.2) is 43.6 Å². The van der Waals surface area contributed by atoms with Crippen molar-refractivity contribution in [2.24, 2.45) is 0 Å². The summed E-state index contributed by atoms with van der Waals surface area (Å²) in [5.41, 5.74) is 3.57. The van der Waals surface area contributed by atoms with E-state index in [-0.39, 0.29) is 12.3 Å². The highest BCUT2D eigenvalue weighted by Crippen LogP contribution is 2.38. The van der Waals surface area contributed by atoms with E-state index in [2.05, 4.69) is 11.9 Å². The number of para-hydroxylation sites is 1. The molecule has 1 amide bonds. The lowest BCUT2D eigenvalue weighted by Crippen LogP contribution is -2.30. The number of H-pyrrole nitrogens is 1. The van der Waals surface area contributed by atoms with Crippen LogP contribution in [0, 0.1) is 0 Å². The zero-order valence-corrected chi connectivity index (χ0v) is 22.6. The van der Waals surface area contributed by atoms with Crippen molar-refractivity contribution in [3.8, 4) is 11.5 Å². The number of rotatable bonds is 10. The second-order valence-electron chi connectivity index (χ2n) is 9.57. The van der Waals surface area contributed by atoms with E-state index in [0.717, 1.165) is 46.1 Å². The van der Waals surface area contributed by atoms with Crippen LogP contribution >= 0.6 is 0 Å². The van der Waals surface area contributed by atoms with Gasteiger partial charge in [0.25, 0.3) is 0 Å². The first-order valence-electron chi connectivity index (χ1n) is 12.9. The van der Waals surface area contributed by atoms with Gasteiger partial charge in [0, 0.05) is 43.0 Å². The third-order valence-electron chi connectivity index (χ3n) is 7.19. The number of fused-ring (bicyclic) bond motifs is 1. The van der Waals surface area contributed by atoms with Crippen molar-refractivity contribution in [3.05, 3.63) is 94.7 Å². The number of carbonyl (C=O) groups excluding carboxylic acids is 1. The molecule has 0 aliphatic rings. The molecule has 0 saturated heterocycles. The molecule has 8 heteroatoms. The van der Waals surface area contributed by atoms with Gasteiger partial charge in [0.1, 0.15) is 0 Å². The molecule has 1 N–H and O–H groups in total. The monoisotopic (exact) mass is 538 g/mol. The zero-order chi connectivity index (χ0) is 28.2. The first-order chi connectivity index (χ1) is 18.7. The number of hydrogen-bond donors (Lipinski definition) is 1. The fourth-order valence-electron chi connectivity index (χ4n) is 4.95. The van der Waals surface area contributed by atoms with Crippen LogP contribution in [0.2, 0.25) is 0 Å². The summed E-state index contributed by atoms with van der Waals surface area (Å²) in [6.45, 7) is 2.49. The number of likely N-dealkylation sites (N-methyl/N-ethyl adjacent to an activating group) is 1. The van der Waals surface area contributed by atoms with Crippen molar-refractivity contribution >= 4 is 16.8 Å². The number of hydrogen-bond acceptors (Lipinski definition) is 3. The second-order valence-corrected chi connectivity index (χ2v) is 9.57. The van der Waals surface area contributed by atoms with Crippen LogP contribution in [0.15, 0.2) is 66.9 Å². The quantitative estimate of drug-likeness (QED) is 0.237. The molecule has 206 valence electrons. The minimum Gasteiger partial charge on any atom is -0.493 e. The average molecular weight is 539 g/mol. The van der Waals surface area contributed by atoms with Gasteiger partial charge in [-0.1, -0.05) is 49.4 Å². The second kappa shape index (κ2) is 11.8. The van der Waals surface area contributed by atoms with Crippen molar-refractivity contribution < 1.29 is 27.4 Å². The van der Waals surface area contributed by atoms with Crippen LogP contribution in [0.4, 0.5) is 13.2 Å². The normalized spacial score (nSPS) is 12.4. The van der Waals surface area contributed by atoms with Crippen LogP contribution in [0.1, 0.15) is 47.1 Å². The van der Waals surface area contributed by atoms with Gasteiger partial charge in [-0.25, -0.2) is 0 Å². The fraction of sp³-hybridized carbons (Fsp3) is 0.323. The van der Waals surface area contributed by atoms with Crippen LogP contribution in [-0.2, 0) is 23.8 Å². The number of methoxy groups -OCH3 is 2. The molecule has 0 aliphatic heterocycles. The van der Waals surface area contributed by atoms with Gasteiger partial charge in [-0.2, -0.15) is 13.2 Å². The maximum absolute atomic E-state index is 13.6. The van der Waals surface area contributed by atoms with E-state index in [1.54, 1.807) is 32.2 Å². The van der Waals surface area contributed by atoms with Crippen LogP contribution < -0.4 is 9.47 Å².